The third kappa shape index (κ3) is 4.87. The molecule has 0 amide bonds. The van der Waals surface area contributed by atoms with E-state index in [0.717, 1.165) is 23.3 Å². The van der Waals surface area contributed by atoms with Crippen molar-refractivity contribution in [1.82, 2.24) is 4.57 Å². The normalized spacial score (nSPS) is 11.3. The third-order valence-electron chi connectivity index (χ3n) is 6.87. The molecule has 5 aromatic rings. The highest BCUT2D eigenvalue weighted by Gasteiger charge is 2.21. The van der Waals surface area contributed by atoms with E-state index in [1.165, 1.54) is 25.3 Å². The lowest BCUT2D eigenvalue weighted by atomic mass is 10.0. The first-order chi connectivity index (χ1) is 19.6. The largest absolute Gasteiger partial charge is 0.505 e. The zero-order valence-corrected chi connectivity index (χ0v) is 22.2. The summed E-state index contributed by atoms with van der Waals surface area (Å²) in [6.07, 6.45) is 0. The Hall–Kier alpha value is -5.51. The number of hydrogen-bond donors (Lipinski definition) is 3. The zero-order valence-electron chi connectivity index (χ0n) is 22.2. The van der Waals surface area contributed by atoms with Crippen LogP contribution in [0.4, 0.5) is 15.8 Å². The van der Waals surface area contributed by atoms with Gasteiger partial charge in [-0.05, 0) is 79.1 Å². The molecule has 0 radical (unpaired) electrons. The summed E-state index contributed by atoms with van der Waals surface area (Å²) < 4.78 is 20.3. The maximum Gasteiger partial charge on any atom is 0.338 e. The van der Waals surface area contributed by atoms with Gasteiger partial charge < -0.3 is 20.1 Å². The molecule has 0 unspecified atom stereocenters. The molecule has 0 aliphatic rings. The lowest BCUT2D eigenvalue weighted by Crippen LogP contribution is -2.01. The van der Waals surface area contributed by atoms with Crippen molar-refractivity contribution in [3.63, 3.8) is 0 Å². The standard InChI is InChI=1S/C31H24FN3O6/c1-16-7-10-20(13-17(16)2)35-26-15-19(31(40)41-3)8-11-22(26)27(29(35)37)34-33-25-6-4-5-21(28(25)36)18-9-12-24(32)23(14-18)30(38)39/h4-15,36-37H,1-3H3,(H,38,39). The van der Waals surface area contributed by atoms with Crippen molar-refractivity contribution >= 4 is 34.2 Å². The van der Waals surface area contributed by atoms with Crippen LogP contribution in [0.25, 0.3) is 27.7 Å². The number of methoxy groups -OCH3 is 1. The Morgan fingerprint density at radius 2 is 1.68 bits per heavy atom. The molecule has 0 bridgehead atoms. The molecule has 10 heteroatoms. The third-order valence-corrected chi connectivity index (χ3v) is 6.87. The molecule has 0 atom stereocenters. The average Bonchev–Trinajstić information content (AvgIpc) is 3.23. The van der Waals surface area contributed by atoms with Gasteiger partial charge >= 0.3 is 11.9 Å². The van der Waals surface area contributed by atoms with Crippen molar-refractivity contribution in [2.45, 2.75) is 13.8 Å². The number of aryl methyl sites for hydroxylation is 2. The van der Waals surface area contributed by atoms with Gasteiger partial charge in [0.2, 0.25) is 5.88 Å². The number of rotatable bonds is 6. The second-order valence-electron chi connectivity index (χ2n) is 9.37. The molecule has 0 fully saturated rings. The summed E-state index contributed by atoms with van der Waals surface area (Å²) >= 11 is 0. The molecule has 41 heavy (non-hydrogen) atoms. The molecule has 4 aromatic carbocycles. The number of carboxylic acid groups (broad SMARTS) is 1. The highest BCUT2D eigenvalue weighted by Crippen LogP contribution is 2.44. The van der Waals surface area contributed by atoms with Crippen LogP contribution in [0.1, 0.15) is 31.8 Å². The van der Waals surface area contributed by atoms with Crippen LogP contribution < -0.4 is 0 Å². The highest BCUT2D eigenvalue weighted by atomic mass is 19.1. The SMILES string of the molecule is COC(=O)c1ccc2c(N=Nc3cccc(-c4ccc(F)c(C(=O)O)c4)c3O)c(O)n(-c3ccc(C)c(C)c3)c2c1. The number of nitrogens with zero attached hydrogens (tertiary/aromatic N) is 3. The topological polar surface area (TPSA) is 134 Å². The molecule has 5 rings (SSSR count). The van der Waals surface area contributed by atoms with E-state index in [2.05, 4.69) is 10.2 Å². The van der Waals surface area contributed by atoms with Crippen LogP contribution in [0.15, 0.2) is 83.0 Å². The molecule has 0 saturated carbocycles. The van der Waals surface area contributed by atoms with Crippen LogP contribution >= 0.6 is 0 Å². The van der Waals surface area contributed by atoms with Crippen molar-refractivity contribution in [2.75, 3.05) is 7.11 Å². The van der Waals surface area contributed by atoms with Crippen LogP contribution in [0.2, 0.25) is 0 Å². The number of aromatic hydroxyl groups is 2. The molecule has 0 saturated heterocycles. The lowest BCUT2D eigenvalue weighted by molar-refractivity contribution is 0.0600. The van der Waals surface area contributed by atoms with Crippen molar-refractivity contribution in [3.8, 4) is 28.4 Å². The zero-order chi connectivity index (χ0) is 29.4. The summed E-state index contributed by atoms with van der Waals surface area (Å²) in [6, 6.07) is 18.5. The first-order valence-electron chi connectivity index (χ1n) is 12.4. The summed E-state index contributed by atoms with van der Waals surface area (Å²) in [4.78, 5) is 23.6. The van der Waals surface area contributed by atoms with Gasteiger partial charge in [-0.25, -0.2) is 14.0 Å². The van der Waals surface area contributed by atoms with E-state index in [-0.39, 0.29) is 39.7 Å². The fourth-order valence-corrected chi connectivity index (χ4v) is 4.53. The minimum atomic E-state index is -1.44. The number of carboxylic acids is 1. The fraction of sp³-hybridized carbons (Fsp3) is 0.0968. The Labute approximate surface area is 233 Å². The van der Waals surface area contributed by atoms with E-state index in [0.29, 0.717) is 16.6 Å². The number of phenols is 1. The molecule has 1 aromatic heterocycles. The first kappa shape index (κ1) is 27.1. The Morgan fingerprint density at radius 1 is 0.902 bits per heavy atom. The molecule has 3 N–H and O–H groups in total. The fourth-order valence-electron chi connectivity index (χ4n) is 4.53. The molecular weight excluding hydrogens is 529 g/mol. The highest BCUT2D eigenvalue weighted by molar-refractivity contribution is 6.01. The average molecular weight is 554 g/mol. The summed E-state index contributed by atoms with van der Waals surface area (Å²) in [5, 5.41) is 40.5. The molecular formula is C31H24FN3O6. The van der Waals surface area contributed by atoms with Gasteiger partial charge in [-0.2, -0.15) is 0 Å². The lowest BCUT2D eigenvalue weighted by Gasteiger charge is -2.10. The molecule has 0 spiro atoms. The number of aromatic nitrogens is 1. The molecule has 9 nitrogen and oxygen atoms in total. The van der Waals surface area contributed by atoms with Crippen LogP contribution in [-0.4, -0.2) is 38.9 Å². The molecule has 0 aliphatic heterocycles. The number of carbonyl (C=O) groups excluding carboxylic acids is 1. The molecule has 0 aliphatic carbocycles. The quantitative estimate of drug-likeness (QED) is 0.149. The van der Waals surface area contributed by atoms with Crippen molar-refractivity contribution in [3.05, 3.63) is 101 Å². The van der Waals surface area contributed by atoms with Crippen molar-refractivity contribution in [2.24, 2.45) is 10.2 Å². The number of ether oxygens (including phenoxy) is 1. The minimum Gasteiger partial charge on any atom is -0.505 e. The predicted octanol–water partition coefficient (Wildman–Crippen LogP) is 7.36. The molecule has 1 heterocycles. The van der Waals surface area contributed by atoms with E-state index in [4.69, 9.17) is 4.74 Å². The van der Waals surface area contributed by atoms with Crippen molar-refractivity contribution in [1.29, 1.82) is 0 Å². The number of aromatic carboxylic acids is 1. The summed E-state index contributed by atoms with van der Waals surface area (Å²) in [7, 11) is 1.28. The maximum atomic E-state index is 13.9. The van der Waals surface area contributed by atoms with E-state index in [9.17, 15) is 29.3 Å². The smallest absolute Gasteiger partial charge is 0.338 e. The van der Waals surface area contributed by atoms with Crippen molar-refractivity contribution < 1.29 is 34.0 Å². The Kier molecular flexibility index (Phi) is 6.98. The van der Waals surface area contributed by atoms with Crippen LogP contribution in [0.3, 0.4) is 0 Å². The number of esters is 1. The van der Waals surface area contributed by atoms with Crippen LogP contribution in [0, 0.1) is 19.7 Å². The van der Waals surface area contributed by atoms with E-state index >= 15 is 0 Å². The summed E-state index contributed by atoms with van der Waals surface area (Å²) in [5.74, 6) is -3.44. The van der Waals surface area contributed by atoms with Gasteiger partial charge in [0.05, 0.1) is 23.8 Å². The van der Waals surface area contributed by atoms with E-state index in [1.54, 1.807) is 28.8 Å². The van der Waals surface area contributed by atoms with Gasteiger partial charge in [-0.15, -0.1) is 10.2 Å². The predicted molar refractivity (Wildman–Crippen MR) is 150 cm³/mol. The summed E-state index contributed by atoms with van der Waals surface area (Å²) in [5.41, 5.74) is 3.51. The Morgan fingerprint density at radius 3 is 2.39 bits per heavy atom. The Balaban J connectivity index is 1.65. The Bertz CT molecular complexity index is 1890. The number of halogens is 1. The number of para-hydroxylation sites is 1. The van der Waals surface area contributed by atoms with Gasteiger partial charge in [0.1, 0.15) is 11.5 Å². The number of carbonyl (C=O) groups is 2. The maximum absolute atomic E-state index is 13.9. The second kappa shape index (κ2) is 10.6. The second-order valence-corrected chi connectivity index (χ2v) is 9.37. The van der Waals surface area contributed by atoms with E-state index < -0.39 is 23.3 Å². The summed E-state index contributed by atoms with van der Waals surface area (Å²) in [6.45, 7) is 3.91. The van der Waals surface area contributed by atoms with Gasteiger partial charge in [0.15, 0.2) is 11.4 Å². The van der Waals surface area contributed by atoms with Gasteiger partial charge in [0, 0.05) is 16.6 Å². The monoisotopic (exact) mass is 553 g/mol. The van der Waals surface area contributed by atoms with Crippen LogP contribution in [-0.2, 0) is 4.74 Å². The van der Waals surface area contributed by atoms with E-state index in [1.807, 2.05) is 32.0 Å². The van der Waals surface area contributed by atoms with Crippen LogP contribution in [0.5, 0.6) is 11.6 Å². The van der Waals surface area contributed by atoms with Gasteiger partial charge in [-0.1, -0.05) is 24.3 Å². The minimum absolute atomic E-state index is 0.0290. The molecule has 206 valence electrons. The van der Waals surface area contributed by atoms with Gasteiger partial charge in [-0.3, -0.25) is 4.57 Å². The number of benzene rings is 4. The number of fused-ring (bicyclic) bond motifs is 1. The number of azo groups is 1. The number of hydrogen-bond acceptors (Lipinski definition) is 7. The number of phenolic OH excluding ortho intramolecular Hbond substituents is 1. The van der Waals surface area contributed by atoms with Gasteiger partial charge in [0.25, 0.3) is 0 Å². The first-order valence-corrected chi connectivity index (χ1v) is 12.4.